The van der Waals surface area contributed by atoms with Crippen molar-refractivity contribution >= 4 is 11.6 Å². The van der Waals surface area contributed by atoms with Gasteiger partial charge in [0.2, 0.25) is 0 Å². The van der Waals surface area contributed by atoms with E-state index in [1.54, 1.807) is 0 Å². The first-order valence-corrected chi connectivity index (χ1v) is 11.2. The van der Waals surface area contributed by atoms with Gasteiger partial charge in [0.15, 0.2) is 0 Å². The summed E-state index contributed by atoms with van der Waals surface area (Å²) in [5.41, 5.74) is 2.63. The summed E-state index contributed by atoms with van der Waals surface area (Å²) in [5.74, 6) is 1.20. The molecule has 3 nitrogen and oxygen atoms in total. The highest BCUT2D eigenvalue weighted by molar-refractivity contribution is 6.18. The first-order valence-electron chi connectivity index (χ1n) is 10.7. The molecule has 2 aromatic carbocycles. The van der Waals surface area contributed by atoms with E-state index in [1.165, 1.54) is 11.1 Å². The lowest BCUT2D eigenvalue weighted by Crippen LogP contribution is -2.48. The van der Waals surface area contributed by atoms with E-state index < -0.39 is 0 Å². The number of ether oxygens (including phenoxy) is 1. The Labute approximate surface area is 180 Å². The molecule has 29 heavy (non-hydrogen) atoms. The molecular formula is C25H33ClN2O. The van der Waals surface area contributed by atoms with E-state index in [9.17, 15) is 0 Å². The van der Waals surface area contributed by atoms with E-state index in [1.807, 2.05) is 0 Å². The zero-order chi connectivity index (χ0) is 20.5. The molecular weight excluding hydrogens is 380 g/mol. The number of hydrogen-bond acceptors (Lipinski definition) is 3. The largest absolute Gasteiger partial charge is 0.374 e. The third-order valence-electron chi connectivity index (χ3n) is 5.47. The van der Waals surface area contributed by atoms with Gasteiger partial charge in [0.05, 0.1) is 6.10 Å². The minimum absolute atomic E-state index is 0.132. The van der Waals surface area contributed by atoms with Crippen molar-refractivity contribution in [2.45, 2.75) is 52.0 Å². The molecule has 0 N–H and O–H groups in total. The molecule has 0 bridgehead atoms. The Morgan fingerprint density at radius 2 is 1.38 bits per heavy atom. The van der Waals surface area contributed by atoms with Crippen molar-refractivity contribution in [3.05, 3.63) is 84.2 Å². The molecule has 0 saturated heterocycles. The molecule has 1 aliphatic heterocycles. The van der Waals surface area contributed by atoms with Gasteiger partial charge >= 0.3 is 0 Å². The molecule has 0 spiro atoms. The second-order valence-electron chi connectivity index (χ2n) is 7.86. The molecule has 156 valence electrons. The van der Waals surface area contributed by atoms with Crippen LogP contribution in [0, 0.1) is 5.92 Å². The van der Waals surface area contributed by atoms with Gasteiger partial charge in [-0.2, -0.15) is 0 Å². The Bertz CT molecular complexity index is 686. The molecule has 0 aliphatic carbocycles. The number of alkyl halides is 1. The lowest BCUT2D eigenvalue weighted by Gasteiger charge is -2.38. The van der Waals surface area contributed by atoms with Crippen LogP contribution in [0.15, 0.2) is 73.1 Å². The molecule has 2 unspecified atom stereocenters. The van der Waals surface area contributed by atoms with Gasteiger partial charge < -0.3 is 14.5 Å². The monoisotopic (exact) mass is 412 g/mol. The summed E-state index contributed by atoms with van der Waals surface area (Å²) < 4.78 is 6.29. The Hall–Kier alpha value is -1.97. The van der Waals surface area contributed by atoms with Crippen LogP contribution in [0.25, 0.3) is 0 Å². The molecule has 0 aromatic heterocycles. The van der Waals surface area contributed by atoms with Gasteiger partial charge in [-0.1, -0.05) is 67.6 Å². The summed E-state index contributed by atoms with van der Waals surface area (Å²) in [6.07, 6.45) is 6.83. The quantitative estimate of drug-likeness (QED) is 0.430. The lowest BCUT2D eigenvalue weighted by atomic mass is 10.0. The van der Waals surface area contributed by atoms with E-state index in [0.29, 0.717) is 11.8 Å². The average molecular weight is 413 g/mol. The number of benzene rings is 2. The average Bonchev–Trinajstić information content (AvgIpc) is 3.14. The third kappa shape index (κ3) is 6.25. The zero-order valence-corrected chi connectivity index (χ0v) is 18.3. The second-order valence-corrected chi connectivity index (χ2v) is 8.17. The minimum Gasteiger partial charge on any atom is -0.374 e. The summed E-state index contributed by atoms with van der Waals surface area (Å²) in [5, 5.41) is 0. The summed E-state index contributed by atoms with van der Waals surface area (Å²) in [7, 11) is 0. The number of nitrogens with zero attached hydrogens (tertiary/aromatic N) is 2. The molecule has 0 amide bonds. The third-order valence-corrected chi connectivity index (χ3v) is 5.99. The zero-order valence-electron chi connectivity index (χ0n) is 17.6. The van der Waals surface area contributed by atoms with Gasteiger partial charge in [0.25, 0.3) is 0 Å². The van der Waals surface area contributed by atoms with Crippen LogP contribution in [-0.2, 0) is 17.8 Å². The molecule has 4 heteroatoms. The summed E-state index contributed by atoms with van der Waals surface area (Å²) in [6.45, 7) is 6.77. The van der Waals surface area contributed by atoms with E-state index in [0.717, 1.165) is 32.5 Å². The number of rotatable bonds is 11. The Balaban J connectivity index is 1.79. The SMILES string of the molecule is CCOC(CCC(C)CCl)C1N(Cc2ccccc2)C=CN1Cc1ccccc1. The minimum atomic E-state index is 0.132. The number of halogens is 1. The van der Waals surface area contributed by atoms with Crippen molar-refractivity contribution in [3.8, 4) is 0 Å². The van der Waals surface area contributed by atoms with Gasteiger partial charge in [0.1, 0.15) is 6.17 Å². The fourth-order valence-electron chi connectivity index (χ4n) is 3.90. The standard InChI is InChI=1S/C25H33ClN2O/c1-3-29-24(15-14-21(2)18-26)25-27(19-22-10-6-4-7-11-22)16-17-28(25)20-23-12-8-5-9-13-23/h4-13,16-17,21,24-25H,3,14-15,18-20H2,1-2H3. The first-order chi connectivity index (χ1) is 14.2. The van der Waals surface area contributed by atoms with Gasteiger partial charge in [-0.25, -0.2) is 0 Å². The van der Waals surface area contributed by atoms with Crippen molar-refractivity contribution in [1.82, 2.24) is 9.80 Å². The van der Waals surface area contributed by atoms with Crippen LogP contribution in [0.2, 0.25) is 0 Å². The van der Waals surface area contributed by atoms with E-state index >= 15 is 0 Å². The van der Waals surface area contributed by atoms with Crippen molar-refractivity contribution in [2.75, 3.05) is 12.5 Å². The van der Waals surface area contributed by atoms with Crippen molar-refractivity contribution in [2.24, 2.45) is 5.92 Å². The molecule has 2 atom stereocenters. The summed E-state index contributed by atoms with van der Waals surface area (Å²) in [6, 6.07) is 21.3. The maximum absolute atomic E-state index is 6.29. The number of hydrogen-bond donors (Lipinski definition) is 0. The predicted molar refractivity (Wildman–Crippen MR) is 121 cm³/mol. The maximum atomic E-state index is 6.29. The molecule has 0 radical (unpaired) electrons. The van der Waals surface area contributed by atoms with Crippen LogP contribution >= 0.6 is 11.6 Å². The van der Waals surface area contributed by atoms with E-state index in [2.05, 4.69) is 96.7 Å². The van der Waals surface area contributed by atoms with Crippen molar-refractivity contribution in [3.63, 3.8) is 0 Å². The summed E-state index contributed by atoms with van der Waals surface area (Å²) >= 11 is 6.07. The van der Waals surface area contributed by atoms with Crippen LogP contribution in [0.4, 0.5) is 0 Å². The van der Waals surface area contributed by atoms with Crippen LogP contribution in [0.5, 0.6) is 0 Å². The first kappa shape index (κ1) is 21.7. The van der Waals surface area contributed by atoms with Gasteiger partial charge in [-0.3, -0.25) is 0 Å². The molecule has 3 rings (SSSR count). The predicted octanol–water partition coefficient (Wildman–Crippen LogP) is 5.86. The fraction of sp³-hybridized carbons (Fsp3) is 0.440. The van der Waals surface area contributed by atoms with Crippen LogP contribution in [-0.4, -0.2) is 34.6 Å². The fourth-order valence-corrected chi connectivity index (χ4v) is 4.06. The Kier molecular flexibility index (Phi) is 8.45. The molecule has 1 aliphatic rings. The molecule has 2 aromatic rings. The Morgan fingerprint density at radius 1 is 0.862 bits per heavy atom. The summed E-state index contributed by atoms with van der Waals surface area (Å²) in [4.78, 5) is 4.84. The highest BCUT2D eigenvalue weighted by atomic mass is 35.5. The normalized spacial score (nSPS) is 16.4. The Morgan fingerprint density at radius 3 is 1.83 bits per heavy atom. The van der Waals surface area contributed by atoms with Gasteiger partial charge in [-0.05, 0) is 36.8 Å². The topological polar surface area (TPSA) is 15.7 Å². The molecule has 0 fully saturated rings. The van der Waals surface area contributed by atoms with Crippen LogP contribution in [0.3, 0.4) is 0 Å². The highest BCUT2D eigenvalue weighted by Crippen LogP contribution is 2.28. The van der Waals surface area contributed by atoms with Crippen molar-refractivity contribution < 1.29 is 4.74 Å². The van der Waals surface area contributed by atoms with E-state index in [-0.39, 0.29) is 12.3 Å². The van der Waals surface area contributed by atoms with Crippen LogP contribution in [0.1, 0.15) is 37.8 Å². The lowest BCUT2D eigenvalue weighted by molar-refractivity contribution is -0.0470. The maximum Gasteiger partial charge on any atom is 0.128 e. The molecule has 0 saturated carbocycles. The van der Waals surface area contributed by atoms with Gasteiger partial charge in [-0.15, -0.1) is 11.6 Å². The van der Waals surface area contributed by atoms with E-state index in [4.69, 9.17) is 16.3 Å². The van der Waals surface area contributed by atoms with Gasteiger partial charge in [0, 0.05) is 38.0 Å². The second kappa shape index (κ2) is 11.3. The van der Waals surface area contributed by atoms with Crippen molar-refractivity contribution in [1.29, 1.82) is 0 Å². The highest BCUT2D eigenvalue weighted by Gasteiger charge is 2.34. The smallest absolute Gasteiger partial charge is 0.128 e. The molecule has 1 heterocycles. The van der Waals surface area contributed by atoms with Crippen LogP contribution < -0.4 is 0 Å².